The van der Waals surface area contributed by atoms with Gasteiger partial charge in [-0.1, -0.05) is 0 Å². The molecule has 0 aliphatic rings. The van der Waals surface area contributed by atoms with Crippen LogP contribution >= 0.6 is 0 Å². The summed E-state index contributed by atoms with van der Waals surface area (Å²) in [6.07, 6.45) is 4.23. The third-order valence-corrected chi connectivity index (χ3v) is 3.09. The molecule has 2 heterocycles. The van der Waals surface area contributed by atoms with E-state index in [1.807, 2.05) is 35.7 Å². The second-order valence-corrected chi connectivity index (χ2v) is 4.64. The van der Waals surface area contributed by atoms with E-state index in [1.54, 1.807) is 6.33 Å². The van der Waals surface area contributed by atoms with E-state index in [0.717, 1.165) is 17.9 Å². The van der Waals surface area contributed by atoms with Crippen LogP contribution in [0.3, 0.4) is 0 Å². The second-order valence-electron chi connectivity index (χ2n) is 4.64. The van der Waals surface area contributed by atoms with Crippen molar-refractivity contribution < 1.29 is 0 Å². The molecule has 98 valence electrons. The molecule has 1 unspecified atom stereocenters. The second kappa shape index (κ2) is 5.30. The Hall–Kier alpha value is -1.69. The van der Waals surface area contributed by atoms with Crippen LogP contribution in [0.2, 0.25) is 0 Å². The summed E-state index contributed by atoms with van der Waals surface area (Å²) in [5.74, 6) is 0.991. The SMILES string of the molecule is CNC(Cc1ncnn1C(C)C)c1ccnn1C. The Bertz CT molecular complexity index is 498. The fourth-order valence-corrected chi connectivity index (χ4v) is 2.11. The van der Waals surface area contributed by atoms with E-state index < -0.39 is 0 Å². The zero-order valence-corrected chi connectivity index (χ0v) is 11.3. The Morgan fingerprint density at radius 3 is 2.67 bits per heavy atom. The van der Waals surface area contributed by atoms with Crippen molar-refractivity contribution in [2.45, 2.75) is 32.4 Å². The number of nitrogens with one attached hydrogen (secondary N) is 1. The highest BCUT2D eigenvalue weighted by molar-refractivity contribution is 5.09. The molecule has 2 aromatic rings. The van der Waals surface area contributed by atoms with E-state index in [2.05, 4.69) is 34.3 Å². The average Bonchev–Trinajstić information content (AvgIpc) is 2.94. The van der Waals surface area contributed by atoms with Crippen LogP contribution in [0.15, 0.2) is 18.6 Å². The van der Waals surface area contributed by atoms with E-state index in [1.165, 1.54) is 0 Å². The van der Waals surface area contributed by atoms with Gasteiger partial charge < -0.3 is 5.32 Å². The molecule has 0 radical (unpaired) electrons. The quantitative estimate of drug-likeness (QED) is 0.860. The fraction of sp³-hybridized carbons (Fsp3) is 0.583. The zero-order chi connectivity index (χ0) is 13.1. The lowest BCUT2D eigenvalue weighted by atomic mass is 10.1. The predicted octanol–water partition coefficient (Wildman–Crippen LogP) is 1.10. The molecule has 0 fully saturated rings. The molecule has 6 heteroatoms. The first-order chi connectivity index (χ1) is 8.63. The van der Waals surface area contributed by atoms with Gasteiger partial charge in [0.15, 0.2) is 0 Å². The summed E-state index contributed by atoms with van der Waals surface area (Å²) >= 11 is 0. The highest BCUT2D eigenvalue weighted by Crippen LogP contribution is 2.17. The molecule has 0 saturated heterocycles. The van der Waals surface area contributed by atoms with Gasteiger partial charge in [0, 0.05) is 25.7 Å². The minimum Gasteiger partial charge on any atom is -0.311 e. The minimum absolute atomic E-state index is 0.194. The molecule has 1 atom stereocenters. The number of hydrogen-bond donors (Lipinski definition) is 1. The van der Waals surface area contributed by atoms with Crippen LogP contribution in [0, 0.1) is 0 Å². The molecule has 0 bridgehead atoms. The highest BCUT2D eigenvalue weighted by atomic mass is 15.3. The van der Waals surface area contributed by atoms with Crippen molar-refractivity contribution >= 4 is 0 Å². The summed E-state index contributed by atoms with van der Waals surface area (Å²) in [5, 5.41) is 11.8. The first-order valence-electron chi connectivity index (χ1n) is 6.17. The molecular formula is C12H20N6. The third kappa shape index (κ3) is 2.43. The van der Waals surface area contributed by atoms with E-state index in [-0.39, 0.29) is 6.04 Å². The van der Waals surface area contributed by atoms with Crippen molar-refractivity contribution in [3.05, 3.63) is 30.1 Å². The van der Waals surface area contributed by atoms with Gasteiger partial charge in [-0.2, -0.15) is 10.2 Å². The van der Waals surface area contributed by atoms with Gasteiger partial charge in [-0.3, -0.25) is 4.68 Å². The number of aryl methyl sites for hydroxylation is 1. The number of nitrogens with zero attached hydrogens (tertiary/aromatic N) is 5. The zero-order valence-electron chi connectivity index (χ0n) is 11.3. The molecule has 0 amide bonds. The van der Waals surface area contributed by atoms with Crippen molar-refractivity contribution in [1.82, 2.24) is 29.9 Å². The summed E-state index contributed by atoms with van der Waals surface area (Å²) in [7, 11) is 3.90. The van der Waals surface area contributed by atoms with Crippen LogP contribution in [-0.4, -0.2) is 31.6 Å². The maximum atomic E-state index is 4.35. The van der Waals surface area contributed by atoms with E-state index >= 15 is 0 Å². The molecule has 0 aliphatic heterocycles. The molecule has 6 nitrogen and oxygen atoms in total. The molecule has 2 rings (SSSR count). The van der Waals surface area contributed by atoms with Crippen LogP contribution in [-0.2, 0) is 13.5 Å². The summed E-state index contributed by atoms with van der Waals surface area (Å²) in [5.41, 5.74) is 1.15. The van der Waals surface area contributed by atoms with Crippen LogP contribution in [0.5, 0.6) is 0 Å². The van der Waals surface area contributed by atoms with Crippen molar-refractivity contribution in [2.24, 2.45) is 7.05 Å². The Morgan fingerprint density at radius 2 is 2.11 bits per heavy atom. The van der Waals surface area contributed by atoms with Gasteiger partial charge in [0.05, 0.1) is 11.7 Å². The van der Waals surface area contributed by atoms with Crippen molar-refractivity contribution in [1.29, 1.82) is 0 Å². The fourth-order valence-electron chi connectivity index (χ4n) is 2.11. The predicted molar refractivity (Wildman–Crippen MR) is 69.1 cm³/mol. The van der Waals surface area contributed by atoms with Crippen LogP contribution < -0.4 is 5.32 Å². The largest absolute Gasteiger partial charge is 0.311 e. The van der Waals surface area contributed by atoms with Gasteiger partial charge in [-0.05, 0) is 27.0 Å². The minimum atomic E-state index is 0.194. The Kier molecular flexibility index (Phi) is 3.76. The standard InChI is InChI=1S/C12H20N6/c1-9(2)18-12(14-8-16-18)7-10(13-3)11-5-6-15-17(11)4/h5-6,8-10,13H,7H2,1-4H3. The van der Waals surface area contributed by atoms with Crippen molar-refractivity contribution in [2.75, 3.05) is 7.05 Å². The van der Waals surface area contributed by atoms with Gasteiger partial charge in [-0.25, -0.2) is 9.67 Å². The van der Waals surface area contributed by atoms with Crippen LogP contribution in [0.25, 0.3) is 0 Å². The first-order valence-corrected chi connectivity index (χ1v) is 6.17. The normalized spacial score (nSPS) is 13.2. The maximum Gasteiger partial charge on any atom is 0.138 e. The van der Waals surface area contributed by atoms with Crippen molar-refractivity contribution in [3.63, 3.8) is 0 Å². The molecule has 0 saturated carbocycles. The molecule has 0 aliphatic carbocycles. The highest BCUT2D eigenvalue weighted by Gasteiger charge is 2.17. The summed E-state index contributed by atoms with van der Waals surface area (Å²) < 4.78 is 3.85. The van der Waals surface area contributed by atoms with Crippen LogP contribution in [0.4, 0.5) is 0 Å². The van der Waals surface area contributed by atoms with E-state index in [4.69, 9.17) is 0 Å². The molecule has 0 aromatic carbocycles. The topological polar surface area (TPSA) is 60.6 Å². The van der Waals surface area contributed by atoms with Gasteiger partial charge in [0.25, 0.3) is 0 Å². The lowest BCUT2D eigenvalue weighted by Gasteiger charge is -2.17. The lowest BCUT2D eigenvalue weighted by molar-refractivity contribution is 0.466. The Morgan fingerprint density at radius 1 is 1.33 bits per heavy atom. The average molecular weight is 248 g/mol. The molecule has 18 heavy (non-hydrogen) atoms. The maximum absolute atomic E-state index is 4.35. The first kappa shape index (κ1) is 12.8. The molecular weight excluding hydrogens is 228 g/mol. The van der Waals surface area contributed by atoms with Gasteiger partial charge >= 0.3 is 0 Å². The Labute approximate surface area is 107 Å². The van der Waals surface area contributed by atoms with Crippen LogP contribution in [0.1, 0.15) is 37.4 Å². The summed E-state index contributed by atoms with van der Waals surface area (Å²) in [6, 6.07) is 2.54. The third-order valence-electron chi connectivity index (χ3n) is 3.09. The smallest absolute Gasteiger partial charge is 0.138 e. The molecule has 2 aromatic heterocycles. The summed E-state index contributed by atoms with van der Waals surface area (Å²) in [6.45, 7) is 4.22. The number of aromatic nitrogens is 5. The number of likely N-dealkylation sites (N-methyl/N-ethyl adjacent to an activating group) is 1. The summed E-state index contributed by atoms with van der Waals surface area (Å²) in [4.78, 5) is 4.35. The lowest BCUT2D eigenvalue weighted by Crippen LogP contribution is -2.23. The van der Waals surface area contributed by atoms with E-state index in [0.29, 0.717) is 6.04 Å². The monoisotopic (exact) mass is 248 g/mol. The molecule has 0 spiro atoms. The number of rotatable bonds is 5. The number of hydrogen-bond acceptors (Lipinski definition) is 4. The van der Waals surface area contributed by atoms with Gasteiger partial charge in [-0.15, -0.1) is 0 Å². The van der Waals surface area contributed by atoms with E-state index in [9.17, 15) is 0 Å². The molecule has 1 N–H and O–H groups in total. The van der Waals surface area contributed by atoms with Gasteiger partial charge in [0.2, 0.25) is 0 Å². The van der Waals surface area contributed by atoms with Gasteiger partial charge in [0.1, 0.15) is 12.2 Å². The Balaban J connectivity index is 2.21. The van der Waals surface area contributed by atoms with Crippen molar-refractivity contribution in [3.8, 4) is 0 Å².